The Hall–Kier alpha value is -1.83. The Labute approximate surface area is 125 Å². The molecule has 0 spiro atoms. The molecule has 1 aromatic rings. The van der Waals surface area contributed by atoms with Crippen molar-refractivity contribution in [2.24, 2.45) is 11.7 Å². The number of carbonyl (C=O) groups excluding carboxylic acids is 1. The van der Waals surface area contributed by atoms with E-state index in [1.807, 2.05) is 32.0 Å². The Balaban J connectivity index is 2.26. The van der Waals surface area contributed by atoms with Crippen LogP contribution in [0.5, 0.6) is 0 Å². The van der Waals surface area contributed by atoms with E-state index in [0.717, 1.165) is 12.0 Å². The number of nitrogens with zero attached hydrogens (tertiary/aromatic N) is 1. The maximum absolute atomic E-state index is 12.7. The smallest absolute Gasteiger partial charge is 0.255 e. The minimum atomic E-state index is -0.452. The molecule has 3 N–H and O–H groups in total. The molecule has 1 aliphatic rings. The van der Waals surface area contributed by atoms with Crippen LogP contribution in [0.2, 0.25) is 0 Å². The molecule has 0 radical (unpaired) electrons. The molecular weight excluding hydrogens is 264 g/mol. The average Bonchev–Trinajstić information content (AvgIpc) is 2.47. The number of aryl methyl sites for hydroxylation is 1. The fraction of sp³-hybridized carbons (Fsp3) is 0.471. The third kappa shape index (κ3) is 3.63. The van der Waals surface area contributed by atoms with Crippen molar-refractivity contribution in [2.45, 2.75) is 26.4 Å². The van der Waals surface area contributed by atoms with Crippen LogP contribution in [0.3, 0.4) is 0 Å². The van der Waals surface area contributed by atoms with Crippen molar-refractivity contribution < 1.29 is 9.90 Å². The van der Waals surface area contributed by atoms with Crippen LogP contribution < -0.4 is 5.73 Å². The molecule has 1 heterocycles. The zero-order valence-electron chi connectivity index (χ0n) is 12.6. The summed E-state index contributed by atoms with van der Waals surface area (Å²) in [6.07, 6.45) is 0.370. The first-order chi connectivity index (χ1) is 10.0. The highest BCUT2D eigenvalue weighted by molar-refractivity contribution is 5.97. The number of hydrogen-bond acceptors (Lipinski definition) is 3. The van der Waals surface area contributed by atoms with E-state index in [-0.39, 0.29) is 18.4 Å². The predicted molar refractivity (Wildman–Crippen MR) is 82.8 cm³/mol. The first kappa shape index (κ1) is 15.6. The van der Waals surface area contributed by atoms with Crippen LogP contribution in [0.15, 0.2) is 18.2 Å². The Bertz CT molecular complexity index is 586. The van der Waals surface area contributed by atoms with Gasteiger partial charge in [-0.25, -0.2) is 0 Å². The molecule has 4 nitrogen and oxygen atoms in total. The highest BCUT2D eigenvalue weighted by Gasteiger charge is 2.28. The number of hydrogen-bond donors (Lipinski definition) is 2. The molecule has 4 heteroatoms. The first-order valence-corrected chi connectivity index (χ1v) is 7.30. The summed E-state index contributed by atoms with van der Waals surface area (Å²) < 4.78 is 0. The topological polar surface area (TPSA) is 66.6 Å². The van der Waals surface area contributed by atoms with Gasteiger partial charge in [0.1, 0.15) is 0 Å². The third-order valence-corrected chi connectivity index (χ3v) is 3.94. The second-order valence-corrected chi connectivity index (χ2v) is 5.64. The summed E-state index contributed by atoms with van der Waals surface area (Å²) in [5, 5.41) is 9.96. The monoisotopic (exact) mass is 286 g/mol. The van der Waals surface area contributed by atoms with Crippen LogP contribution in [0.25, 0.3) is 0 Å². The summed E-state index contributed by atoms with van der Waals surface area (Å²) in [5.74, 6) is 5.94. The van der Waals surface area contributed by atoms with Gasteiger partial charge in [0.25, 0.3) is 5.91 Å². The molecule has 0 aliphatic carbocycles. The quantitative estimate of drug-likeness (QED) is 0.761. The van der Waals surface area contributed by atoms with Gasteiger partial charge in [-0.15, -0.1) is 0 Å². The van der Waals surface area contributed by atoms with Crippen LogP contribution in [0, 0.1) is 24.7 Å². The lowest BCUT2D eigenvalue weighted by atomic mass is 9.95. The SMILES string of the molecule is Cc1ccc(C(=O)N2CCC(C)C(O)C2)c(C#CCN)c1. The molecule has 1 aromatic carbocycles. The Morgan fingerprint density at radius 3 is 2.95 bits per heavy atom. The fourth-order valence-corrected chi connectivity index (χ4v) is 2.50. The van der Waals surface area contributed by atoms with Gasteiger partial charge in [-0.05, 0) is 37.0 Å². The van der Waals surface area contributed by atoms with Crippen LogP contribution >= 0.6 is 0 Å². The van der Waals surface area contributed by atoms with Gasteiger partial charge in [0.15, 0.2) is 0 Å². The highest BCUT2D eigenvalue weighted by atomic mass is 16.3. The Morgan fingerprint density at radius 2 is 2.29 bits per heavy atom. The van der Waals surface area contributed by atoms with Crippen LogP contribution in [0.1, 0.15) is 34.8 Å². The van der Waals surface area contributed by atoms with E-state index in [2.05, 4.69) is 11.8 Å². The van der Waals surface area contributed by atoms with Crippen LogP contribution in [-0.2, 0) is 0 Å². The molecule has 1 saturated heterocycles. The lowest BCUT2D eigenvalue weighted by Crippen LogP contribution is -2.46. The van der Waals surface area contributed by atoms with E-state index >= 15 is 0 Å². The van der Waals surface area contributed by atoms with Gasteiger partial charge in [0.05, 0.1) is 18.2 Å². The molecule has 112 valence electrons. The van der Waals surface area contributed by atoms with E-state index in [9.17, 15) is 9.90 Å². The molecule has 0 aromatic heterocycles. The maximum atomic E-state index is 12.7. The first-order valence-electron chi connectivity index (χ1n) is 7.30. The standard InChI is InChI=1S/C17H22N2O2/c1-12-5-6-15(14(10-12)4-3-8-18)17(21)19-9-7-13(2)16(20)11-19/h5-6,10,13,16,20H,7-9,11,18H2,1-2H3. The second-order valence-electron chi connectivity index (χ2n) is 5.64. The van der Waals surface area contributed by atoms with Crippen molar-refractivity contribution in [2.75, 3.05) is 19.6 Å². The number of aliphatic hydroxyl groups is 1. The van der Waals surface area contributed by atoms with Crippen molar-refractivity contribution >= 4 is 5.91 Å². The number of carbonyl (C=O) groups is 1. The molecule has 1 fully saturated rings. The van der Waals surface area contributed by atoms with Crippen LogP contribution in [-0.4, -0.2) is 41.7 Å². The normalized spacial score (nSPS) is 21.6. The van der Waals surface area contributed by atoms with E-state index in [0.29, 0.717) is 24.2 Å². The van der Waals surface area contributed by atoms with Gasteiger partial charge >= 0.3 is 0 Å². The van der Waals surface area contributed by atoms with E-state index in [1.54, 1.807) is 4.90 Å². The summed E-state index contributed by atoms with van der Waals surface area (Å²) in [6.45, 7) is 5.30. The number of rotatable bonds is 1. The number of β-amino-alcohol motifs (C(OH)–C–C–N with tert-alkyl or cyclic N) is 1. The molecule has 21 heavy (non-hydrogen) atoms. The molecule has 1 amide bonds. The van der Waals surface area contributed by atoms with Gasteiger partial charge < -0.3 is 15.7 Å². The number of amides is 1. The molecule has 2 rings (SSSR count). The van der Waals surface area contributed by atoms with Gasteiger partial charge in [-0.3, -0.25) is 4.79 Å². The molecule has 2 unspecified atom stereocenters. The van der Waals surface area contributed by atoms with Crippen molar-refractivity contribution in [3.8, 4) is 11.8 Å². The zero-order valence-corrected chi connectivity index (χ0v) is 12.6. The van der Waals surface area contributed by atoms with Gasteiger partial charge in [0.2, 0.25) is 0 Å². The maximum Gasteiger partial charge on any atom is 0.255 e. The predicted octanol–water partition coefficient (Wildman–Crippen LogP) is 1.15. The summed E-state index contributed by atoms with van der Waals surface area (Å²) in [4.78, 5) is 14.4. The van der Waals surface area contributed by atoms with Gasteiger partial charge in [0, 0.05) is 18.7 Å². The minimum absolute atomic E-state index is 0.0673. The molecular formula is C17H22N2O2. The molecule has 2 atom stereocenters. The Morgan fingerprint density at radius 1 is 1.52 bits per heavy atom. The number of nitrogens with two attached hydrogens (primary N) is 1. The lowest BCUT2D eigenvalue weighted by molar-refractivity contribution is 0.0248. The zero-order chi connectivity index (χ0) is 15.4. The summed E-state index contributed by atoms with van der Waals surface area (Å²) >= 11 is 0. The number of aliphatic hydroxyl groups excluding tert-OH is 1. The Kier molecular flexibility index (Phi) is 5.00. The van der Waals surface area contributed by atoms with Crippen molar-refractivity contribution in [3.63, 3.8) is 0 Å². The summed E-state index contributed by atoms with van der Waals surface area (Å²) in [7, 11) is 0. The second kappa shape index (κ2) is 6.75. The van der Waals surface area contributed by atoms with E-state index in [4.69, 9.17) is 5.73 Å². The fourth-order valence-electron chi connectivity index (χ4n) is 2.50. The van der Waals surface area contributed by atoms with E-state index in [1.165, 1.54) is 0 Å². The largest absolute Gasteiger partial charge is 0.391 e. The average molecular weight is 286 g/mol. The summed E-state index contributed by atoms with van der Waals surface area (Å²) in [5.41, 5.74) is 7.76. The number of likely N-dealkylation sites (tertiary alicyclic amines) is 1. The van der Waals surface area contributed by atoms with Gasteiger partial charge in [-0.1, -0.05) is 24.8 Å². The lowest BCUT2D eigenvalue weighted by Gasteiger charge is -2.34. The van der Waals surface area contributed by atoms with Crippen LogP contribution in [0.4, 0.5) is 0 Å². The van der Waals surface area contributed by atoms with Crippen molar-refractivity contribution in [1.29, 1.82) is 0 Å². The molecule has 0 bridgehead atoms. The van der Waals surface area contributed by atoms with Crippen molar-refractivity contribution in [1.82, 2.24) is 4.90 Å². The summed E-state index contributed by atoms with van der Waals surface area (Å²) in [6, 6.07) is 5.62. The number of benzene rings is 1. The van der Waals surface area contributed by atoms with Gasteiger partial charge in [-0.2, -0.15) is 0 Å². The number of piperidine rings is 1. The minimum Gasteiger partial charge on any atom is -0.391 e. The van der Waals surface area contributed by atoms with E-state index < -0.39 is 6.10 Å². The van der Waals surface area contributed by atoms with Crippen molar-refractivity contribution in [3.05, 3.63) is 34.9 Å². The molecule has 0 saturated carbocycles. The molecule has 1 aliphatic heterocycles. The third-order valence-electron chi connectivity index (χ3n) is 3.94. The highest BCUT2D eigenvalue weighted by Crippen LogP contribution is 2.20.